The summed E-state index contributed by atoms with van der Waals surface area (Å²) in [6.07, 6.45) is -0.0439. The van der Waals surface area contributed by atoms with E-state index < -0.39 is 18.0 Å². The summed E-state index contributed by atoms with van der Waals surface area (Å²) in [6.45, 7) is 1.56. The van der Waals surface area contributed by atoms with Crippen LogP contribution in [0.2, 0.25) is 0 Å². The number of anilines is 1. The molecule has 0 bridgehead atoms. The number of nitrogens with one attached hydrogen (secondary N) is 2. The van der Waals surface area contributed by atoms with Crippen molar-refractivity contribution in [2.75, 3.05) is 11.9 Å². The van der Waals surface area contributed by atoms with Gasteiger partial charge in [-0.25, -0.2) is 9.59 Å². The van der Waals surface area contributed by atoms with Crippen LogP contribution in [0.5, 0.6) is 0 Å². The second-order valence-electron chi connectivity index (χ2n) is 3.94. The van der Waals surface area contributed by atoms with E-state index in [0.717, 1.165) is 10.0 Å². The zero-order valence-corrected chi connectivity index (χ0v) is 11.9. The Morgan fingerprint density at radius 1 is 1.42 bits per heavy atom. The maximum Gasteiger partial charge on any atom is 0.326 e. The van der Waals surface area contributed by atoms with Gasteiger partial charge < -0.3 is 20.8 Å². The van der Waals surface area contributed by atoms with Crippen molar-refractivity contribution in [2.45, 2.75) is 19.4 Å². The molecule has 0 heterocycles. The molecule has 4 N–H and O–H groups in total. The van der Waals surface area contributed by atoms with E-state index in [1.807, 2.05) is 13.0 Å². The first-order chi connectivity index (χ1) is 8.95. The summed E-state index contributed by atoms with van der Waals surface area (Å²) >= 11 is 3.34. The molecular formula is C12H15BrN2O4. The summed E-state index contributed by atoms with van der Waals surface area (Å²) in [4.78, 5) is 22.5. The number of aryl methyl sites for hydroxylation is 1. The third-order valence-corrected chi connectivity index (χ3v) is 3.51. The minimum Gasteiger partial charge on any atom is -0.480 e. The Morgan fingerprint density at radius 3 is 2.68 bits per heavy atom. The first-order valence-electron chi connectivity index (χ1n) is 5.62. The Kier molecular flexibility index (Phi) is 5.78. The predicted molar refractivity (Wildman–Crippen MR) is 74.2 cm³/mol. The van der Waals surface area contributed by atoms with E-state index in [1.165, 1.54) is 0 Å². The molecule has 1 aromatic rings. The van der Waals surface area contributed by atoms with Crippen molar-refractivity contribution in [3.63, 3.8) is 0 Å². The highest BCUT2D eigenvalue weighted by Crippen LogP contribution is 2.25. The molecule has 0 aliphatic carbocycles. The van der Waals surface area contributed by atoms with Crippen LogP contribution in [0.4, 0.5) is 10.5 Å². The Morgan fingerprint density at radius 2 is 2.11 bits per heavy atom. The quantitative estimate of drug-likeness (QED) is 0.660. The van der Waals surface area contributed by atoms with E-state index >= 15 is 0 Å². The molecular weight excluding hydrogens is 316 g/mol. The van der Waals surface area contributed by atoms with Gasteiger partial charge in [-0.15, -0.1) is 0 Å². The summed E-state index contributed by atoms with van der Waals surface area (Å²) < 4.78 is 0.735. The van der Waals surface area contributed by atoms with Crippen LogP contribution in [-0.4, -0.2) is 34.9 Å². The molecule has 1 aromatic carbocycles. The van der Waals surface area contributed by atoms with E-state index in [2.05, 4.69) is 26.6 Å². The van der Waals surface area contributed by atoms with Crippen molar-refractivity contribution in [1.82, 2.24) is 5.32 Å². The van der Waals surface area contributed by atoms with Crippen molar-refractivity contribution in [1.29, 1.82) is 0 Å². The normalized spacial score (nSPS) is 11.7. The van der Waals surface area contributed by atoms with Crippen molar-refractivity contribution < 1.29 is 19.8 Å². The maximum atomic E-state index is 11.7. The largest absolute Gasteiger partial charge is 0.480 e. The van der Waals surface area contributed by atoms with Crippen molar-refractivity contribution >= 4 is 33.6 Å². The predicted octanol–water partition coefficient (Wildman–Crippen LogP) is 1.71. The highest BCUT2D eigenvalue weighted by molar-refractivity contribution is 9.10. The highest BCUT2D eigenvalue weighted by atomic mass is 79.9. The van der Waals surface area contributed by atoms with Gasteiger partial charge in [-0.2, -0.15) is 0 Å². The Labute approximate surface area is 118 Å². The van der Waals surface area contributed by atoms with Gasteiger partial charge in [0, 0.05) is 17.5 Å². The number of carbonyl (C=O) groups excluding carboxylic acids is 1. The zero-order chi connectivity index (χ0) is 14.4. The van der Waals surface area contributed by atoms with Gasteiger partial charge in [-0.1, -0.05) is 12.1 Å². The van der Waals surface area contributed by atoms with Crippen LogP contribution in [0.1, 0.15) is 12.0 Å². The Bertz CT molecular complexity index is 479. The van der Waals surface area contributed by atoms with Crippen LogP contribution >= 0.6 is 15.9 Å². The minimum absolute atomic E-state index is 0.0439. The lowest BCUT2D eigenvalue weighted by atomic mass is 10.2. The van der Waals surface area contributed by atoms with Gasteiger partial charge in [0.05, 0.1) is 5.69 Å². The molecule has 0 unspecified atom stereocenters. The second kappa shape index (κ2) is 7.10. The highest BCUT2D eigenvalue weighted by Gasteiger charge is 2.19. The number of aliphatic hydroxyl groups is 1. The second-order valence-corrected chi connectivity index (χ2v) is 4.73. The minimum atomic E-state index is -1.19. The smallest absolute Gasteiger partial charge is 0.326 e. The van der Waals surface area contributed by atoms with Gasteiger partial charge in [0.25, 0.3) is 0 Å². The van der Waals surface area contributed by atoms with Crippen LogP contribution in [-0.2, 0) is 4.79 Å². The number of urea groups is 1. The zero-order valence-electron chi connectivity index (χ0n) is 10.3. The number of halogens is 1. The maximum absolute atomic E-state index is 11.7. The van der Waals surface area contributed by atoms with Crippen LogP contribution in [0.3, 0.4) is 0 Å². The molecule has 0 aliphatic heterocycles. The standard InChI is InChI=1S/C12H15BrN2O4/c1-7-3-2-4-8(10(7)13)14-12(19)15-9(5-6-16)11(17)18/h2-4,9,16H,5-6H2,1H3,(H,17,18)(H2,14,15,19)/t9-/m0/s1. The first-order valence-corrected chi connectivity index (χ1v) is 6.41. The fraction of sp³-hybridized carbons (Fsp3) is 0.333. The van der Waals surface area contributed by atoms with E-state index in [0.29, 0.717) is 5.69 Å². The molecule has 0 saturated heterocycles. The van der Waals surface area contributed by atoms with E-state index in [-0.39, 0.29) is 13.0 Å². The molecule has 19 heavy (non-hydrogen) atoms. The lowest BCUT2D eigenvalue weighted by Gasteiger charge is -2.15. The van der Waals surface area contributed by atoms with Gasteiger partial charge in [-0.3, -0.25) is 0 Å². The number of carboxylic acids is 1. The number of hydrogen-bond donors (Lipinski definition) is 4. The third-order valence-electron chi connectivity index (χ3n) is 2.46. The molecule has 0 aliphatic rings. The summed E-state index contributed by atoms with van der Waals surface area (Å²) in [6, 6.07) is 3.59. The third kappa shape index (κ3) is 4.53. The summed E-state index contributed by atoms with van der Waals surface area (Å²) in [5.74, 6) is -1.19. The van der Waals surface area contributed by atoms with Crippen molar-refractivity contribution in [3.8, 4) is 0 Å². The molecule has 6 nitrogen and oxygen atoms in total. The lowest BCUT2D eigenvalue weighted by molar-refractivity contribution is -0.139. The number of aliphatic carboxylic acids is 1. The van der Waals surface area contributed by atoms with E-state index in [1.54, 1.807) is 12.1 Å². The summed E-state index contributed by atoms with van der Waals surface area (Å²) in [5, 5.41) is 22.4. The van der Waals surface area contributed by atoms with E-state index in [9.17, 15) is 9.59 Å². The van der Waals surface area contributed by atoms with Crippen LogP contribution in [0.25, 0.3) is 0 Å². The molecule has 104 valence electrons. The summed E-state index contributed by atoms with van der Waals surface area (Å²) in [7, 11) is 0. The van der Waals surface area contributed by atoms with Gasteiger partial charge in [-0.05, 0) is 34.5 Å². The lowest BCUT2D eigenvalue weighted by Crippen LogP contribution is -2.43. The number of benzene rings is 1. The number of rotatable bonds is 5. The SMILES string of the molecule is Cc1cccc(NC(=O)N[C@@H](CCO)C(=O)O)c1Br. The molecule has 0 spiro atoms. The number of hydrogen-bond acceptors (Lipinski definition) is 3. The van der Waals surface area contributed by atoms with Crippen LogP contribution in [0, 0.1) is 6.92 Å². The average molecular weight is 331 g/mol. The van der Waals surface area contributed by atoms with Crippen molar-refractivity contribution in [2.24, 2.45) is 0 Å². The average Bonchev–Trinajstić information content (AvgIpc) is 2.34. The van der Waals surface area contributed by atoms with Gasteiger partial charge in [0.2, 0.25) is 0 Å². The van der Waals surface area contributed by atoms with Gasteiger partial charge in [0.1, 0.15) is 6.04 Å². The number of amides is 2. The first kappa shape index (κ1) is 15.5. The van der Waals surface area contributed by atoms with Crippen LogP contribution in [0.15, 0.2) is 22.7 Å². The topological polar surface area (TPSA) is 98.7 Å². The summed E-state index contributed by atoms with van der Waals surface area (Å²) in [5.41, 5.74) is 1.49. The number of aliphatic hydroxyl groups excluding tert-OH is 1. The molecule has 0 saturated carbocycles. The van der Waals surface area contributed by atoms with Crippen LogP contribution < -0.4 is 10.6 Å². The molecule has 1 rings (SSSR count). The van der Waals surface area contributed by atoms with Gasteiger partial charge >= 0.3 is 12.0 Å². The fourth-order valence-corrected chi connectivity index (χ4v) is 1.81. The number of carboxylic acid groups (broad SMARTS) is 1. The molecule has 7 heteroatoms. The molecule has 2 amide bonds. The molecule has 1 atom stereocenters. The Balaban J connectivity index is 2.69. The van der Waals surface area contributed by atoms with E-state index in [4.69, 9.17) is 10.2 Å². The fourth-order valence-electron chi connectivity index (χ4n) is 1.45. The monoisotopic (exact) mass is 330 g/mol. The Hall–Kier alpha value is -1.60. The number of carbonyl (C=O) groups is 2. The van der Waals surface area contributed by atoms with Crippen molar-refractivity contribution in [3.05, 3.63) is 28.2 Å². The molecule has 0 radical (unpaired) electrons. The molecule has 0 aromatic heterocycles. The molecule has 0 fully saturated rings. The van der Waals surface area contributed by atoms with Gasteiger partial charge in [0.15, 0.2) is 0 Å².